The van der Waals surface area contributed by atoms with Crippen LogP contribution in [0.3, 0.4) is 0 Å². The van der Waals surface area contributed by atoms with Gasteiger partial charge in [0.1, 0.15) is 29.6 Å². The van der Waals surface area contributed by atoms with E-state index in [0.717, 1.165) is 5.56 Å². The molecule has 2 amide bonds. The van der Waals surface area contributed by atoms with Gasteiger partial charge in [-0.05, 0) is 55.0 Å². The van der Waals surface area contributed by atoms with E-state index < -0.39 is 17.7 Å². The molecule has 2 aromatic heterocycles. The summed E-state index contributed by atoms with van der Waals surface area (Å²) >= 11 is 0. The molecule has 1 saturated heterocycles. The Kier molecular flexibility index (Phi) is 8.15. The molecule has 2 N–H and O–H groups in total. The molecule has 0 spiro atoms. The first-order valence-electron chi connectivity index (χ1n) is 13.9. The van der Waals surface area contributed by atoms with Crippen molar-refractivity contribution in [2.45, 2.75) is 13.3 Å². The summed E-state index contributed by atoms with van der Waals surface area (Å²) in [5.41, 5.74) is 2.85. The van der Waals surface area contributed by atoms with Crippen LogP contribution >= 0.6 is 0 Å². The van der Waals surface area contributed by atoms with Crippen LogP contribution in [0.4, 0.5) is 30.8 Å². The van der Waals surface area contributed by atoms with E-state index in [2.05, 4.69) is 30.6 Å². The normalized spacial score (nSPS) is 13.1. The van der Waals surface area contributed by atoms with Crippen LogP contribution in [0.2, 0.25) is 0 Å². The predicted octanol–water partition coefficient (Wildman–Crippen LogP) is 5.64. The molecule has 10 nitrogen and oxygen atoms in total. The molecule has 0 radical (unpaired) electrons. The maximum Gasteiger partial charge on any atom is 0.323 e. The average molecular weight is 596 g/mol. The average Bonchev–Trinajstić information content (AvgIpc) is 3.02. The number of urea groups is 1. The first-order chi connectivity index (χ1) is 21.3. The number of halogens is 2. The van der Waals surface area contributed by atoms with E-state index in [4.69, 9.17) is 4.74 Å². The summed E-state index contributed by atoms with van der Waals surface area (Å²) in [7, 11) is 0. The number of nitrogens with zero attached hydrogens (tertiary/aromatic N) is 5. The summed E-state index contributed by atoms with van der Waals surface area (Å²) < 4.78 is 36.4. The van der Waals surface area contributed by atoms with Gasteiger partial charge in [-0.2, -0.15) is 0 Å². The molecule has 0 bridgehead atoms. The quantitative estimate of drug-likeness (QED) is 0.248. The number of nitrogens with one attached hydrogen (secondary N) is 2. The molecule has 0 saturated carbocycles. The van der Waals surface area contributed by atoms with Gasteiger partial charge >= 0.3 is 6.03 Å². The van der Waals surface area contributed by atoms with Gasteiger partial charge in [-0.15, -0.1) is 0 Å². The molecule has 0 aliphatic carbocycles. The van der Waals surface area contributed by atoms with Crippen molar-refractivity contribution in [3.05, 3.63) is 90.5 Å². The van der Waals surface area contributed by atoms with E-state index in [9.17, 15) is 9.59 Å². The van der Waals surface area contributed by atoms with E-state index in [0.29, 0.717) is 60.7 Å². The number of anilines is 3. The van der Waals surface area contributed by atoms with Crippen LogP contribution in [0.1, 0.15) is 12.5 Å². The maximum atomic E-state index is 15.6. The number of benzene rings is 3. The van der Waals surface area contributed by atoms with Crippen molar-refractivity contribution in [3.63, 3.8) is 0 Å². The molecule has 0 unspecified atom stereocenters. The Morgan fingerprint density at radius 3 is 2.25 bits per heavy atom. The molecule has 6 rings (SSSR count). The van der Waals surface area contributed by atoms with Crippen molar-refractivity contribution in [2.75, 3.05) is 41.8 Å². The van der Waals surface area contributed by atoms with E-state index >= 15 is 8.78 Å². The van der Waals surface area contributed by atoms with Crippen molar-refractivity contribution in [1.82, 2.24) is 19.9 Å². The number of rotatable bonds is 7. The van der Waals surface area contributed by atoms with E-state index in [-0.39, 0.29) is 28.4 Å². The van der Waals surface area contributed by atoms with Gasteiger partial charge in [0, 0.05) is 59.8 Å². The second kappa shape index (κ2) is 12.5. The minimum atomic E-state index is -0.651. The Balaban J connectivity index is 1.30. The van der Waals surface area contributed by atoms with Gasteiger partial charge in [0.25, 0.3) is 0 Å². The second-order valence-electron chi connectivity index (χ2n) is 10.3. The number of fused-ring (bicyclic) bond motifs is 1. The van der Waals surface area contributed by atoms with Crippen LogP contribution in [0, 0.1) is 11.6 Å². The fourth-order valence-corrected chi connectivity index (χ4v) is 4.99. The zero-order valence-electron chi connectivity index (χ0n) is 23.7. The molecule has 1 fully saturated rings. The van der Waals surface area contributed by atoms with Crippen molar-refractivity contribution in [3.8, 4) is 22.5 Å². The molecule has 44 heavy (non-hydrogen) atoms. The zero-order chi connectivity index (χ0) is 30.6. The van der Waals surface area contributed by atoms with Gasteiger partial charge < -0.3 is 20.3 Å². The fraction of sp³-hybridized carbons (Fsp3) is 0.188. The third-order valence-electron chi connectivity index (χ3n) is 7.08. The monoisotopic (exact) mass is 595 g/mol. The van der Waals surface area contributed by atoms with E-state index in [1.807, 2.05) is 4.90 Å². The largest absolute Gasteiger partial charge is 0.378 e. The van der Waals surface area contributed by atoms with Gasteiger partial charge in [-0.25, -0.2) is 33.5 Å². The van der Waals surface area contributed by atoms with Gasteiger partial charge in [0.15, 0.2) is 5.82 Å². The number of carbonyl (C=O) groups is 2. The molecular weight excluding hydrogens is 568 g/mol. The first kappa shape index (κ1) is 28.7. The number of ether oxygens (including phenoxy) is 1. The Hall–Kier alpha value is -5.36. The highest BCUT2D eigenvalue weighted by atomic mass is 19.1. The van der Waals surface area contributed by atoms with Crippen LogP contribution in [0.15, 0.2) is 73.3 Å². The highest BCUT2D eigenvalue weighted by molar-refractivity contribution is 6.00. The SMILES string of the molecule is CC(=O)Cc1ccc(NC(=O)Nc2ccc(-c3nc(N4CCOCC4)c4cc(F)c(-c5cncnc5)cc4n3)c(F)c2)cc1. The Morgan fingerprint density at radius 2 is 1.55 bits per heavy atom. The number of carbonyl (C=O) groups excluding carboxylic acids is 2. The summed E-state index contributed by atoms with van der Waals surface area (Å²) in [4.78, 5) is 43.1. The van der Waals surface area contributed by atoms with Gasteiger partial charge in [0.2, 0.25) is 0 Å². The highest BCUT2D eigenvalue weighted by Crippen LogP contribution is 2.34. The standard InChI is InChI=1S/C32H27F2N7O3/c1-19(42)12-20-2-4-22(5-3-20)37-32(43)38-23-6-7-24(27(33)13-23)30-39-29-15-25(21-16-35-18-36-17-21)28(34)14-26(29)31(40-30)41-8-10-44-11-9-41/h2-7,13-18H,8-12H2,1H3,(H2,37,38,43). The number of ketones is 1. The lowest BCUT2D eigenvalue weighted by Crippen LogP contribution is -2.37. The Morgan fingerprint density at radius 1 is 0.864 bits per heavy atom. The smallest absolute Gasteiger partial charge is 0.323 e. The first-order valence-corrected chi connectivity index (χ1v) is 13.9. The predicted molar refractivity (Wildman–Crippen MR) is 162 cm³/mol. The van der Waals surface area contributed by atoms with E-state index in [1.165, 1.54) is 43.8 Å². The molecule has 12 heteroatoms. The number of aromatic nitrogens is 4. The summed E-state index contributed by atoms with van der Waals surface area (Å²) in [6.45, 7) is 3.52. The Bertz CT molecular complexity index is 1850. The summed E-state index contributed by atoms with van der Waals surface area (Å²) in [6, 6.07) is 13.5. The van der Waals surface area contributed by atoms with Crippen LogP contribution in [-0.2, 0) is 16.0 Å². The lowest BCUT2D eigenvalue weighted by molar-refractivity contribution is -0.116. The van der Waals surface area contributed by atoms with Crippen LogP contribution in [0.5, 0.6) is 0 Å². The summed E-state index contributed by atoms with van der Waals surface area (Å²) in [6.07, 6.45) is 4.69. The van der Waals surface area contributed by atoms with Gasteiger partial charge in [0.05, 0.1) is 24.3 Å². The number of morpholine rings is 1. The highest BCUT2D eigenvalue weighted by Gasteiger charge is 2.21. The molecule has 1 aliphatic heterocycles. The molecule has 0 atom stereocenters. The summed E-state index contributed by atoms with van der Waals surface area (Å²) in [5.74, 6) is -0.507. The van der Waals surface area contributed by atoms with Gasteiger partial charge in [-0.1, -0.05) is 12.1 Å². The van der Waals surface area contributed by atoms with Crippen molar-refractivity contribution in [2.24, 2.45) is 0 Å². The van der Waals surface area contributed by atoms with Crippen LogP contribution < -0.4 is 15.5 Å². The zero-order valence-corrected chi connectivity index (χ0v) is 23.7. The van der Waals surface area contributed by atoms with Crippen molar-refractivity contribution >= 4 is 39.9 Å². The Labute approximate surface area is 251 Å². The number of amides is 2. The second-order valence-corrected chi connectivity index (χ2v) is 10.3. The molecule has 1 aliphatic rings. The topological polar surface area (TPSA) is 122 Å². The fourth-order valence-electron chi connectivity index (χ4n) is 4.99. The van der Waals surface area contributed by atoms with Crippen LogP contribution in [0.25, 0.3) is 33.4 Å². The molecule has 3 aromatic carbocycles. The number of hydrogen-bond donors (Lipinski definition) is 2. The molecule has 222 valence electrons. The van der Waals surface area contributed by atoms with Crippen LogP contribution in [-0.4, -0.2) is 58.1 Å². The minimum Gasteiger partial charge on any atom is -0.378 e. The number of hydrogen-bond acceptors (Lipinski definition) is 8. The minimum absolute atomic E-state index is 0.0428. The lowest BCUT2D eigenvalue weighted by Gasteiger charge is -2.29. The maximum absolute atomic E-state index is 15.6. The molecular formula is C32H27F2N7O3. The molecule has 5 aromatic rings. The van der Waals surface area contributed by atoms with Crippen molar-refractivity contribution < 1.29 is 23.1 Å². The number of Topliss-reactive ketones (excluding diaryl/α,β-unsaturated/α-hetero) is 1. The van der Waals surface area contributed by atoms with Crippen molar-refractivity contribution in [1.29, 1.82) is 0 Å². The molecule has 3 heterocycles. The van der Waals surface area contributed by atoms with Gasteiger partial charge in [-0.3, -0.25) is 4.79 Å². The third kappa shape index (κ3) is 6.35. The van der Waals surface area contributed by atoms with E-state index in [1.54, 1.807) is 36.4 Å². The third-order valence-corrected chi connectivity index (χ3v) is 7.08. The lowest BCUT2D eigenvalue weighted by atomic mass is 10.0. The summed E-state index contributed by atoms with van der Waals surface area (Å²) in [5, 5.41) is 5.79.